The Balaban J connectivity index is 0.00000312. The van der Waals surface area contributed by atoms with Gasteiger partial charge in [-0.2, -0.15) is 0 Å². The molecule has 25 heavy (non-hydrogen) atoms. The van der Waals surface area contributed by atoms with Gasteiger partial charge in [-0.3, -0.25) is 4.99 Å². The van der Waals surface area contributed by atoms with Gasteiger partial charge in [0.05, 0.1) is 13.1 Å². The summed E-state index contributed by atoms with van der Waals surface area (Å²) in [6.45, 7) is 3.69. The van der Waals surface area contributed by atoms with Gasteiger partial charge in [0.15, 0.2) is 11.8 Å². The maximum Gasteiger partial charge on any atom is 0.193 e. The summed E-state index contributed by atoms with van der Waals surface area (Å²) < 4.78 is 7.65. The first-order valence-corrected chi connectivity index (χ1v) is 8.04. The highest BCUT2D eigenvalue weighted by Gasteiger charge is 2.09. The molecule has 1 N–H and O–H groups in total. The van der Waals surface area contributed by atoms with E-state index in [-0.39, 0.29) is 24.0 Å². The van der Waals surface area contributed by atoms with Crippen molar-refractivity contribution in [3.63, 3.8) is 0 Å². The molecule has 0 spiro atoms. The highest BCUT2D eigenvalue weighted by Crippen LogP contribution is 2.16. The fourth-order valence-corrected chi connectivity index (χ4v) is 2.29. The van der Waals surface area contributed by atoms with Crippen LogP contribution in [0.5, 0.6) is 5.75 Å². The van der Waals surface area contributed by atoms with Crippen LogP contribution in [-0.4, -0.2) is 52.9 Å². The number of nitrogens with zero attached hydrogens (tertiary/aromatic N) is 5. The SMILES string of the molecule is CN=C(NCc1nnc(C)n1C)N(C)CCOc1cccc(Cl)c1.I. The van der Waals surface area contributed by atoms with E-state index in [2.05, 4.69) is 20.5 Å². The van der Waals surface area contributed by atoms with Crippen LogP contribution < -0.4 is 10.1 Å². The molecule has 138 valence electrons. The third-order valence-electron chi connectivity index (χ3n) is 3.65. The maximum absolute atomic E-state index is 5.94. The van der Waals surface area contributed by atoms with Gasteiger partial charge in [-0.1, -0.05) is 17.7 Å². The zero-order valence-corrected chi connectivity index (χ0v) is 17.9. The van der Waals surface area contributed by atoms with Crippen LogP contribution in [0.3, 0.4) is 0 Å². The number of benzene rings is 1. The van der Waals surface area contributed by atoms with Gasteiger partial charge in [0.1, 0.15) is 18.2 Å². The average molecular weight is 479 g/mol. The Labute approximate surface area is 170 Å². The second-order valence-corrected chi connectivity index (χ2v) is 5.79. The van der Waals surface area contributed by atoms with Crippen LogP contribution in [0.25, 0.3) is 0 Å². The number of hydrogen-bond donors (Lipinski definition) is 1. The molecule has 0 aliphatic carbocycles. The van der Waals surface area contributed by atoms with E-state index in [1.807, 2.05) is 48.7 Å². The van der Waals surface area contributed by atoms with Crippen LogP contribution >= 0.6 is 35.6 Å². The molecule has 0 saturated heterocycles. The largest absolute Gasteiger partial charge is 0.492 e. The molecule has 0 radical (unpaired) electrons. The molecular weight excluding hydrogens is 455 g/mol. The van der Waals surface area contributed by atoms with E-state index in [0.717, 1.165) is 23.4 Å². The standard InChI is InChI=1S/C16H23ClN6O.HI/c1-12-20-21-15(23(12)4)11-19-16(18-2)22(3)8-9-24-14-7-5-6-13(17)10-14;/h5-7,10H,8-9,11H2,1-4H3,(H,18,19);1H. The van der Waals surface area contributed by atoms with E-state index in [1.165, 1.54) is 0 Å². The minimum absolute atomic E-state index is 0. The van der Waals surface area contributed by atoms with Crippen molar-refractivity contribution in [3.8, 4) is 5.75 Å². The number of aryl methyl sites for hydroxylation is 1. The molecule has 2 rings (SSSR count). The third kappa shape index (κ3) is 6.35. The summed E-state index contributed by atoms with van der Waals surface area (Å²) in [6, 6.07) is 7.37. The van der Waals surface area contributed by atoms with Crippen molar-refractivity contribution < 1.29 is 4.74 Å². The molecule has 1 heterocycles. The minimum Gasteiger partial charge on any atom is -0.492 e. The molecule has 1 aromatic heterocycles. The molecule has 0 fully saturated rings. The normalized spacial score (nSPS) is 11.0. The number of halogens is 2. The lowest BCUT2D eigenvalue weighted by atomic mass is 10.3. The van der Waals surface area contributed by atoms with Crippen molar-refractivity contribution in [2.75, 3.05) is 27.2 Å². The van der Waals surface area contributed by atoms with Crippen molar-refractivity contribution in [2.24, 2.45) is 12.0 Å². The summed E-state index contributed by atoms with van der Waals surface area (Å²) in [7, 11) is 5.65. The Bertz CT molecular complexity index is 706. The summed E-state index contributed by atoms with van der Waals surface area (Å²) in [5.41, 5.74) is 0. The molecule has 0 saturated carbocycles. The van der Waals surface area contributed by atoms with Crippen LogP contribution in [-0.2, 0) is 13.6 Å². The van der Waals surface area contributed by atoms with Crippen LogP contribution in [0.2, 0.25) is 5.02 Å². The molecule has 0 aliphatic rings. The van der Waals surface area contributed by atoms with E-state index < -0.39 is 0 Å². The predicted molar refractivity (Wildman–Crippen MR) is 111 cm³/mol. The van der Waals surface area contributed by atoms with E-state index in [4.69, 9.17) is 16.3 Å². The lowest BCUT2D eigenvalue weighted by Crippen LogP contribution is -2.40. The summed E-state index contributed by atoms with van der Waals surface area (Å²) in [5, 5.41) is 12.1. The highest BCUT2D eigenvalue weighted by atomic mass is 127. The smallest absolute Gasteiger partial charge is 0.193 e. The van der Waals surface area contributed by atoms with Gasteiger partial charge in [-0.25, -0.2) is 0 Å². The number of hydrogen-bond acceptors (Lipinski definition) is 4. The summed E-state index contributed by atoms with van der Waals surface area (Å²) in [6.07, 6.45) is 0. The van der Waals surface area contributed by atoms with E-state index >= 15 is 0 Å². The van der Waals surface area contributed by atoms with Gasteiger partial charge in [0.2, 0.25) is 0 Å². The van der Waals surface area contributed by atoms with Crippen LogP contribution in [0.1, 0.15) is 11.6 Å². The van der Waals surface area contributed by atoms with Crippen LogP contribution in [0.4, 0.5) is 0 Å². The second-order valence-electron chi connectivity index (χ2n) is 5.35. The third-order valence-corrected chi connectivity index (χ3v) is 3.89. The summed E-state index contributed by atoms with van der Waals surface area (Å²) in [4.78, 5) is 6.27. The number of ether oxygens (including phenoxy) is 1. The molecule has 2 aromatic rings. The van der Waals surface area contributed by atoms with E-state index in [9.17, 15) is 0 Å². The number of aliphatic imine (C=N–C) groups is 1. The van der Waals surface area contributed by atoms with Crippen molar-refractivity contribution in [1.82, 2.24) is 25.0 Å². The minimum atomic E-state index is 0. The zero-order chi connectivity index (χ0) is 17.5. The van der Waals surface area contributed by atoms with Gasteiger partial charge in [-0.15, -0.1) is 34.2 Å². The predicted octanol–water partition coefficient (Wildman–Crippen LogP) is 2.48. The molecule has 0 bridgehead atoms. The molecule has 0 atom stereocenters. The quantitative estimate of drug-likeness (QED) is 0.392. The molecule has 7 nitrogen and oxygen atoms in total. The Morgan fingerprint density at radius 2 is 2.16 bits per heavy atom. The van der Waals surface area contributed by atoms with Gasteiger partial charge >= 0.3 is 0 Å². The van der Waals surface area contributed by atoms with Crippen molar-refractivity contribution >= 4 is 41.5 Å². The highest BCUT2D eigenvalue weighted by molar-refractivity contribution is 14.0. The van der Waals surface area contributed by atoms with E-state index in [1.54, 1.807) is 13.1 Å². The number of rotatable bonds is 6. The van der Waals surface area contributed by atoms with Crippen molar-refractivity contribution in [3.05, 3.63) is 40.9 Å². The molecule has 9 heteroatoms. The van der Waals surface area contributed by atoms with Gasteiger partial charge in [0, 0.05) is 26.2 Å². The van der Waals surface area contributed by atoms with E-state index in [0.29, 0.717) is 24.7 Å². The Morgan fingerprint density at radius 1 is 1.40 bits per heavy atom. The van der Waals surface area contributed by atoms with Crippen LogP contribution in [0.15, 0.2) is 29.3 Å². The lowest BCUT2D eigenvalue weighted by molar-refractivity contribution is 0.281. The first-order valence-electron chi connectivity index (χ1n) is 7.66. The average Bonchev–Trinajstić information content (AvgIpc) is 2.87. The topological polar surface area (TPSA) is 67.6 Å². The van der Waals surface area contributed by atoms with Crippen molar-refractivity contribution in [1.29, 1.82) is 0 Å². The Morgan fingerprint density at radius 3 is 2.76 bits per heavy atom. The van der Waals surface area contributed by atoms with Gasteiger partial charge < -0.3 is 19.5 Å². The number of nitrogens with one attached hydrogen (secondary N) is 1. The van der Waals surface area contributed by atoms with Gasteiger partial charge in [0.25, 0.3) is 0 Å². The number of likely N-dealkylation sites (N-methyl/N-ethyl adjacent to an activating group) is 1. The molecule has 0 unspecified atom stereocenters. The lowest BCUT2D eigenvalue weighted by Gasteiger charge is -2.22. The first kappa shape index (κ1) is 21.5. The monoisotopic (exact) mass is 478 g/mol. The van der Waals surface area contributed by atoms with Crippen LogP contribution in [0, 0.1) is 6.92 Å². The Kier molecular flexibility index (Phi) is 8.98. The number of guanidine groups is 1. The molecular formula is C16H24ClIN6O. The molecule has 0 amide bonds. The second kappa shape index (κ2) is 10.4. The zero-order valence-electron chi connectivity index (χ0n) is 14.9. The van der Waals surface area contributed by atoms with Crippen molar-refractivity contribution in [2.45, 2.75) is 13.5 Å². The van der Waals surface area contributed by atoms with Gasteiger partial charge in [-0.05, 0) is 25.1 Å². The summed E-state index contributed by atoms with van der Waals surface area (Å²) in [5.74, 6) is 3.26. The fraction of sp³-hybridized carbons (Fsp3) is 0.438. The summed E-state index contributed by atoms with van der Waals surface area (Å²) >= 11 is 5.94. The number of aromatic nitrogens is 3. The molecule has 0 aliphatic heterocycles. The first-order chi connectivity index (χ1) is 11.5. The maximum atomic E-state index is 5.94. The Hall–Kier alpha value is -1.55. The fourth-order valence-electron chi connectivity index (χ4n) is 2.11. The molecule has 1 aromatic carbocycles.